The van der Waals surface area contributed by atoms with E-state index < -0.39 is 0 Å². The van der Waals surface area contributed by atoms with Gasteiger partial charge in [0, 0.05) is 30.6 Å². The number of fused-ring (bicyclic) bond motifs is 3. The molecular weight excluding hydrogens is 336 g/mol. The number of carbonyl (C=O) groups excluding carboxylic acids is 1. The molecule has 1 amide bonds. The summed E-state index contributed by atoms with van der Waals surface area (Å²) >= 11 is 0. The highest BCUT2D eigenvalue weighted by atomic mass is 16.3. The fourth-order valence-electron chi connectivity index (χ4n) is 5.27. The second-order valence-electron chi connectivity index (χ2n) is 8.24. The highest BCUT2D eigenvalue weighted by Crippen LogP contribution is 2.46. The van der Waals surface area contributed by atoms with Crippen molar-refractivity contribution < 1.29 is 9.90 Å². The lowest BCUT2D eigenvalue weighted by Crippen LogP contribution is -2.49. The Labute approximate surface area is 160 Å². The zero-order chi connectivity index (χ0) is 18.4. The van der Waals surface area contributed by atoms with E-state index in [9.17, 15) is 9.90 Å². The van der Waals surface area contributed by atoms with Gasteiger partial charge in [-0.1, -0.05) is 30.3 Å². The van der Waals surface area contributed by atoms with E-state index >= 15 is 0 Å². The molecule has 5 rings (SSSR count). The van der Waals surface area contributed by atoms with E-state index in [1.165, 1.54) is 22.3 Å². The minimum Gasteiger partial charge on any atom is -0.392 e. The van der Waals surface area contributed by atoms with Crippen LogP contribution in [0.1, 0.15) is 45.5 Å². The molecule has 1 fully saturated rings. The van der Waals surface area contributed by atoms with Gasteiger partial charge in [0.2, 0.25) is 0 Å². The summed E-state index contributed by atoms with van der Waals surface area (Å²) in [7, 11) is 0. The summed E-state index contributed by atoms with van der Waals surface area (Å²) in [6.45, 7) is 3.30. The number of aliphatic hydroxyl groups is 1. The quantitative estimate of drug-likeness (QED) is 0.819. The molecule has 2 aromatic carbocycles. The summed E-state index contributed by atoms with van der Waals surface area (Å²) < 4.78 is 0. The number of aliphatic hydroxyl groups excluding tert-OH is 1. The van der Waals surface area contributed by atoms with Crippen molar-refractivity contribution in [2.45, 2.75) is 43.7 Å². The van der Waals surface area contributed by atoms with E-state index in [-0.39, 0.29) is 17.4 Å². The Kier molecular flexibility index (Phi) is 4.06. The lowest BCUT2D eigenvalue weighted by molar-refractivity contribution is 0.0365. The van der Waals surface area contributed by atoms with E-state index in [1.807, 2.05) is 11.0 Å². The molecule has 0 radical (unpaired) electrons. The van der Waals surface area contributed by atoms with Crippen LogP contribution in [0.25, 0.3) is 0 Å². The first-order valence-corrected chi connectivity index (χ1v) is 10.1. The summed E-state index contributed by atoms with van der Waals surface area (Å²) in [4.78, 5) is 15.0. The number of nitrogens with zero attached hydrogens (tertiary/aromatic N) is 1. The van der Waals surface area contributed by atoms with Gasteiger partial charge in [0.1, 0.15) is 0 Å². The van der Waals surface area contributed by atoms with Gasteiger partial charge in [0.25, 0.3) is 5.91 Å². The Bertz CT molecular complexity index is 884. The van der Waals surface area contributed by atoms with Crippen molar-refractivity contribution in [3.05, 3.63) is 70.3 Å². The fourth-order valence-corrected chi connectivity index (χ4v) is 5.27. The molecule has 1 spiro atoms. The summed E-state index contributed by atoms with van der Waals surface area (Å²) in [5.74, 6) is 0.131. The number of likely N-dealkylation sites (tertiary alicyclic amines) is 1. The van der Waals surface area contributed by atoms with Crippen molar-refractivity contribution in [1.29, 1.82) is 0 Å². The molecule has 4 nitrogen and oxygen atoms in total. The van der Waals surface area contributed by atoms with Crippen molar-refractivity contribution in [3.63, 3.8) is 0 Å². The molecule has 0 unspecified atom stereocenters. The van der Waals surface area contributed by atoms with Crippen LogP contribution in [0.2, 0.25) is 0 Å². The lowest BCUT2D eigenvalue weighted by atomic mass is 9.72. The van der Waals surface area contributed by atoms with E-state index in [1.54, 1.807) is 0 Å². The molecule has 140 valence electrons. The van der Waals surface area contributed by atoms with Gasteiger partial charge < -0.3 is 15.3 Å². The molecule has 1 aliphatic carbocycles. The predicted octanol–water partition coefficient (Wildman–Crippen LogP) is 2.42. The van der Waals surface area contributed by atoms with Crippen LogP contribution in [0, 0.1) is 0 Å². The van der Waals surface area contributed by atoms with E-state index in [0.29, 0.717) is 13.1 Å². The molecule has 2 aliphatic heterocycles. The minimum absolute atomic E-state index is 0.131. The Hall–Kier alpha value is -2.17. The van der Waals surface area contributed by atoms with E-state index in [2.05, 4.69) is 41.7 Å². The molecule has 0 saturated carbocycles. The number of hydrogen-bond donors (Lipinski definition) is 2. The summed E-state index contributed by atoms with van der Waals surface area (Å²) in [5, 5.41) is 14.2. The van der Waals surface area contributed by atoms with Gasteiger partial charge in [-0.2, -0.15) is 0 Å². The van der Waals surface area contributed by atoms with Gasteiger partial charge in [-0.15, -0.1) is 0 Å². The molecule has 2 N–H and O–H groups in total. The van der Waals surface area contributed by atoms with Crippen LogP contribution >= 0.6 is 0 Å². The Balaban J connectivity index is 1.34. The molecule has 4 heteroatoms. The van der Waals surface area contributed by atoms with Gasteiger partial charge >= 0.3 is 0 Å². The highest BCUT2D eigenvalue weighted by molar-refractivity contribution is 5.94. The van der Waals surface area contributed by atoms with Crippen LogP contribution in [-0.4, -0.2) is 41.7 Å². The predicted molar refractivity (Wildman–Crippen MR) is 105 cm³/mol. The standard InChI is InChI=1S/C23H26N2O2/c26-21-14-17-3-1-2-4-20(17)23(21)8-11-25(12-9-23)22(27)18-5-6-19-15-24-10-7-16(19)13-18/h1-6,13,21,24,26H,7-12,14-15H2/t21-/m0/s1. The Morgan fingerprint density at radius 1 is 1.07 bits per heavy atom. The highest BCUT2D eigenvalue weighted by Gasteiger charge is 2.48. The number of amides is 1. The first kappa shape index (κ1) is 17.0. The van der Waals surface area contributed by atoms with E-state index in [0.717, 1.165) is 44.3 Å². The topological polar surface area (TPSA) is 52.6 Å². The molecule has 0 bridgehead atoms. The molecule has 2 aromatic rings. The van der Waals surface area contributed by atoms with Crippen LogP contribution in [-0.2, 0) is 24.8 Å². The van der Waals surface area contributed by atoms with Crippen LogP contribution in [0.4, 0.5) is 0 Å². The minimum atomic E-state index is -0.330. The molecule has 0 aromatic heterocycles. The summed E-state index contributed by atoms with van der Waals surface area (Å²) in [5.41, 5.74) is 5.81. The van der Waals surface area contributed by atoms with Gasteiger partial charge in [0.05, 0.1) is 6.10 Å². The third-order valence-electron chi connectivity index (χ3n) is 6.89. The molecule has 27 heavy (non-hydrogen) atoms. The number of nitrogens with one attached hydrogen (secondary N) is 1. The number of piperidine rings is 1. The average molecular weight is 362 g/mol. The maximum absolute atomic E-state index is 13.1. The Morgan fingerprint density at radius 3 is 2.74 bits per heavy atom. The molecule has 1 saturated heterocycles. The van der Waals surface area contributed by atoms with Crippen molar-refractivity contribution in [2.24, 2.45) is 0 Å². The molecule has 3 aliphatic rings. The molecule has 2 heterocycles. The number of hydrogen-bond acceptors (Lipinski definition) is 3. The monoisotopic (exact) mass is 362 g/mol. The van der Waals surface area contributed by atoms with Crippen LogP contribution in [0.15, 0.2) is 42.5 Å². The molecule has 1 atom stereocenters. The lowest BCUT2D eigenvalue weighted by Gasteiger charge is -2.42. The maximum Gasteiger partial charge on any atom is 0.253 e. The van der Waals surface area contributed by atoms with Gasteiger partial charge in [-0.3, -0.25) is 4.79 Å². The largest absolute Gasteiger partial charge is 0.392 e. The first-order chi connectivity index (χ1) is 13.2. The van der Waals surface area contributed by atoms with Crippen molar-refractivity contribution >= 4 is 5.91 Å². The van der Waals surface area contributed by atoms with E-state index in [4.69, 9.17) is 0 Å². The van der Waals surface area contributed by atoms with Crippen LogP contribution in [0.3, 0.4) is 0 Å². The SMILES string of the molecule is O=C(c1ccc2c(c1)CCNC2)N1CCC2(CC1)c1ccccc1C[C@@H]2O. The third-order valence-corrected chi connectivity index (χ3v) is 6.89. The fraction of sp³-hybridized carbons (Fsp3) is 0.435. The number of carbonyl (C=O) groups is 1. The Morgan fingerprint density at radius 2 is 1.89 bits per heavy atom. The van der Waals surface area contributed by atoms with Crippen LogP contribution in [0.5, 0.6) is 0 Å². The third kappa shape index (κ3) is 2.70. The summed E-state index contributed by atoms with van der Waals surface area (Å²) in [6.07, 6.45) is 3.08. The van der Waals surface area contributed by atoms with Gasteiger partial charge in [-0.25, -0.2) is 0 Å². The van der Waals surface area contributed by atoms with Gasteiger partial charge in [0.15, 0.2) is 0 Å². The average Bonchev–Trinajstić information content (AvgIpc) is 2.99. The first-order valence-electron chi connectivity index (χ1n) is 10.1. The smallest absolute Gasteiger partial charge is 0.253 e. The number of benzene rings is 2. The summed E-state index contributed by atoms with van der Waals surface area (Å²) in [6, 6.07) is 14.6. The zero-order valence-corrected chi connectivity index (χ0v) is 15.6. The molecular formula is C23H26N2O2. The van der Waals surface area contributed by atoms with Gasteiger partial charge in [-0.05, 0) is 66.6 Å². The van der Waals surface area contributed by atoms with Crippen molar-refractivity contribution in [3.8, 4) is 0 Å². The zero-order valence-electron chi connectivity index (χ0n) is 15.6. The second-order valence-corrected chi connectivity index (χ2v) is 8.24. The van der Waals surface area contributed by atoms with Crippen LogP contribution < -0.4 is 5.32 Å². The maximum atomic E-state index is 13.1. The van der Waals surface area contributed by atoms with Crippen molar-refractivity contribution in [2.75, 3.05) is 19.6 Å². The van der Waals surface area contributed by atoms with Crippen molar-refractivity contribution in [1.82, 2.24) is 10.2 Å². The normalized spacial score (nSPS) is 23.1. The number of rotatable bonds is 1. The second kappa shape index (κ2) is 6.47.